The first kappa shape index (κ1) is 14.6. The third-order valence-corrected chi connectivity index (χ3v) is 4.35. The second-order valence-corrected chi connectivity index (χ2v) is 5.97. The predicted molar refractivity (Wildman–Crippen MR) is 81.5 cm³/mol. The quantitative estimate of drug-likeness (QED) is 0.910. The molecule has 114 valence electrons. The van der Waals surface area contributed by atoms with Crippen LogP contribution in [0.4, 0.5) is 9.52 Å². The smallest absolute Gasteiger partial charge is 0.263 e. The van der Waals surface area contributed by atoms with Crippen molar-refractivity contribution in [3.8, 4) is 0 Å². The molecular weight excluding hydrogens is 305 g/mol. The van der Waals surface area contributed by atoms with Crippen LogP contribution in [0.1, 0.15) is 27.3 Å². The molecule has 3 rings (SSSR count). The summed E-state index contributed by atoms with van der Waals surface area (Å²) in [7, 11) is 0. The predicted octanol–water partition coefficient (Wildman–Crippen LogP) is 2.14. The maximum absolute atomic E-state index is 13.5. The Hall–Kier alpha value is -2.28. The van der Waals surface area contributed by atoms with E-state index < -0.39 is 5.82 Å². The van der Waals surface area contributed by atoms with Crippen molar-refractivity contribution in [2.45, 2.75) is 19.3 Å². The van der Waals surface area contributed by atoms with Gasteiger partial charge in [0, 0.05) is 6.54 Å². The van der Waals surface area contributed by atoms with Gasteiger partial charge in [-0.1, -0.05) is 29.5 Å². The van der Waals surface area contributed by atoms with Crippen LogP contribution >= 0.6 is 11.3 Å². The fraction of sp³-hybridized carbons (Fsp3) is 0.267. The summed E-state index contributed by atoms with van der Waals surface area (Å²) in [4.78, 5) is 28.7. The number of aromatic nitrogens is 1. The fourth-order valence-corrected chi connectivity index (χ4v) is 3.21. The third kappa shape index (κ3) is 3.14. The average molecular weight is 319 g/mol. The summed E-state index contributed by atoms with van der Waals surface area (Å²) < 4.78 is 13.5. The minimum Gasteiger partial charge on any atom is -0.351 e. The van der Waals surface area contributed by atoms with E-state index in [1.165, 1.54) is 6.07 Å². The van der Waals surface area contributed by atoms with E-state index in [9.17, 15) is 14.0 Å². The van der Waals surface area contributed by atoms with E-state index in [2.05, 4.69) is 15.6 Å². The van der Waals surface area contributed by atoms with Gasteiger partial charge in [-0.2, -0.15) is 0 Å². The van der Waals surface area contributed by atoms with Crippen molar-refractivity contribution in [3.05, 3.63) is 46.2 Å². The van der Waals surface area contributed by atoms with Gasteiger partial charge >= 0.3 is 0 Å². The van der Waals surface area contributed by atoms with E-state index in [-0.39, 0.29) is 18.2 Å². The van der Waals surface area contributed by atoms with Crippen molar-refractivity contribution < 1.29 is 14.0 Å². The number of nitrogens with one attached hydrogen (secondary N) is 2. The molecule has 1 aromatic heterocycles. The summed E-state index contributed by atoms with van der Waals surface area (Å²) in [6.07, 6.45) is 1.46. The summed E-state index contributed by atoms with van der Waals surface area (Å²) in [6, 6.07) is 6.15. The Balaban J connectivity index is 1.71. The van der Waals surface area contributed by atoms with Crippen molar-refractivity contribution in [2.24, 2.45) is 0 Å². The van der Waals surface area contributed by atoms with Gasteiger partial charge < -0.3 is 10.6 Å². The lowest BCUT2D eigenvalue weighted by atomic mass is 10.1. The van der Waals surface area contributed by atoms with E-state index in [4.69, 9.17) is 0 Å². The Labute approximate surface area is 130 Å². The highest BCUT2D eigenvalue weighted by Crippen LogP contribution is 2.25. The zero-order valence-corrected chi connectivity index (χ0v) is 12.5. The van der Waals surface area contributed by atoms with Crippen molar-refractivity contribution in [1.82, 2.24) is 10.3 Å². The molecule has 0 unspecified atom stereocenters. The first-order chi connectivity index (χ1) is 10.6. The summed E-state index contributed by atoms with van der Waals surface area (Å²) in [5.41, 5.74) is 1.04. The molecule has 2 heterocycles. The van der Waals surface area contributed by atoms with Crippen LogP contribution in [0.3, 0.4) is 0 Å². The normalized spacial score (nSPS) is 14.0. The Morgan fingerprint density at radius 1 is 1.41 bits per heavy atom. The molecule has 7 heteroatoms. The van der Waals surface area contributed by atoms with Crippen LogP contribution in [0.2, 0.25) is 0 Å². The van der Waals surface area contributed by atoms with Gasteiger partial charge in [0.15, 0.2) is 5.13 Å². The van der Waals surface area contributed by atoms with Crippen molar-refractivity contribution in [3.63, 3.8) is 0 Å². The number of fused-ring (bicyclic) bond motifs is 1. The monoisotopic (exact) mass is 319 g/mol. The highest BCUT2D eigenvalue weighted by Gasteiger charge is 2.21. The van der Waals surface area contributed by atoms with Crippen molar-refractivity contribution in [1.29, 1.82) is 0 Å². The lowest BCUT2D eigenvalue weighted by molar-refractivity contribution is -0.115. The standard InChI is InChI=1S/C15H14FN3O2S/c16-10-5-2-1-4-9(10)8-12(20)19-15-18-11-6-3-7-17-14(21)13(11)22-15/h1-2,4-5H,3,6-8H2,(H,17,21)(H,18,19,20). The third-order valence-electron chi connectivity index (χ3n) is 3.33. The number of anilines is 1. The molecule has 1 aliphatic rings. The van der Waals surface area contributed by atoms with E-state index in [1.807, 2.05) is 0 Å². The number of thiazole rings is 1. The van der Waals surface area contributed by atoms with Crippen LogP contribution in [0.5, 0.6) is 0 Å². The molecule has 22 heavy (non-hydrogen) atoms. The SMILES string of the molecule is O=C(Cc1ccccc1F)Nc1nc2c(s1)C(=O)NCCC2. The first-order valence-electron chi connectivity index (χ1n) is 6.94. The number of benzene rings is 1. The van der Waals surface area contributed by atoms with Gasteiger partial charge in [0.25, 0.3) is 5.91 Å². The molecule has 0 spiro atoms. The molecule has 0 aliphatic carbocycles. The average Bonchev–Trinajstić information content (AvgIpc) is 2.81. The highest BCUT2D eigenvalue weighted by atomic mass is 32.1. The van der Waals surface area contributed by atoms with Crippen LogP contribution in [0, 0.1) is 5.82 Å². The molecule has 2 amide bonds. The maximum atomic E-state index is 13.5. The van der Waals surface area contributed by atoms with Crippen LogP contribution in [-0.4, -0.2) is 23.3 Å². The molecular formula is C15H14FN3O2S. The second-order valence-electron chi connectivity index (χ2n) is 4.97. The zero-order valence-electron chi connectivity index (χ0n) is 11.7. The number of halogens is 1. The number of aryl methyl sites for hydroxylation is 1. The number of amides is 2. The lowest BCUT2D eigenvalue weighted by Crippen LogP contribution is -2.21. The number of hydrogen-bond donors (Lipinski definition) is 2. The molecule has 0 saturated heterocycles. The first-order valence-corrected chi connectivity index (χ1v) is 7.76. The Kier molecular flexibility index (Phi) is 4.15. The number of carbonyl (C=O) groups is 2. The molecule has 0 bridgehead atoms. The van der Waals surface area contributed by atoms with Gasteiger partial charge in [0.05, 0.1) is 12.1 Å². The van der Waals surface area contributed by atoms with Gasteiger partial charge in [0.2, 0.25) is 5.91 Å². The Morgan fingerprint density at radius 2 is 2.23 bits per heavy atom. The number of hydrogen-bond acceptors (Lipinski definition) is 4. The molecule has 2 N–H and O–H groups in total. The van der Waals surface area contributed by atoms with Crippen molar-refractivity contribution >= 4 is 28.3 Å². The fourth-order valence-electron chi connectivity index (χ4n) is 2.27. The molecule has 1 aliphatic heterocycles. The van der Waals surface area contributed by atoms with Crippen LogP contribution < -0.4 is 10.6 Å². The topological polar surface area (TPSA) is 71.1 Å². The van der Waals surface area contributed by atoms with Crippen LogP contribution in [0.15, 0.2) is 24.3 Å². The minimum atomic E-state index is -0.410. The number of rotatable bonds is 3. The molecule has 0 fully saturated rings. The highest BCUT2D eigenvalue weighted by molar-refractivity contribution is 7.17. The maximum Gasteiger partial charge on any atom is 0.263 e. The van der Waals surface area contributed by atoms with Gasteiger partial charge in [0.1, 0.15) is 10.7 Å². The van der Waals surface area contributed by atoms with Crippen LogP contribution in [-0.2, 0) is 17.6 Å². The van der Waals surface area contributed by atoms with Gasteiger partial charge in [-0.3, -0.25) is 9.59 Å². The number of carbonyl (C=O) groups excluding carboxylic acids is 2. The largest absolute Gasteiger partial charge is 0.351 e. The summed E-state index contributed by atoms with van der Waals surface area (Å²) >= 11 is 1.15. The van der Waals surface area contributed by atoms with Gasteiger partial charge in [-0.15, -0.1) is 0 Å². The molecule has 0 saturated carbocycles. The molecule has 0 radical (unpaired) electrons. The van der Waals surface area contributed by atoms with E-state index in [1.54, 1.807) is 18.2 Å². The molecule has 1 aromatic carbocycles. The van der Waals surface area contributed by atoms with Gasteiger partial charge in [-0.05, 0) is 24.5 Å². The summed E-state index contributed by atoms with van der Waals surface area (Å²) in [6.45, 7) is 0.636. The molecule has 0 atom stereocenters. The van der Waals surface area contributed by atoms with E-state index >= 15 is 0 Å². The van der Waals surface area contributed by atoms with Crippen molar-refractivity contribution in [2.75, 3.05) is 11.9 Å². The summed E-state index contributed by atoms with van der Waals surface area (Å²) in [5, 5.41) is 5.80. The van der Waals surface area contributed by atoms with E-state index in [0.29, 0.717) is 34.2 Å². The summed E-state index contributed by atoms with van der Waals surface area (Å²) in [5.74, 6) is -0.916. The minimum absolute atomic E-state index is 0.0664. The zero-order chi connectivity index (χ0) is 15.5. The molecule has 2 aromatic rings. The van der Waals surface area contributed by atoms with E-state index in [0.717, 1.165) is 17.8 Å². The van der Waals surface area contributed by atoms with Gasteiger partial charge in [-0.25, -0.2) is 9.37 Å². The Morgan fingerprint density at radius 3 is 3.05 bits per heavy atom. The number of nitrogens with zero attached hydrogens (tertiary/aromatic N) is 1. The Bertz CT molecular complexity index is 729. The lowest BCUT2D eigenvalue weighted by Gasteiger charge is -2.03. The molecule has 5 nitrogen and oxygen atoms in total. The van der Waals surface area contributed by atoms with Crippen LogP contribution in [0.25, 0.3) is 0 Å². The second kappa shape index (κ2) is 6.23.